The quantitative estimate of drug-likeness (QED) is 0.923. The highest BCUT2D eigenvalue weighted by Crippen LogP contribution is 2.34. The first-order valence-electron chi connectivity index (χ1n) is 5.37. The highest BCUT2D eigenvalue weighted by molar-refractivity contribution is 6.30. The molecule has 0 aliphatic rings. The first-order valence-corrected chi connectivity index (χ1v) is 5.74. The Morgan fingerprint density at radius 1 is 1.20 bits per heavy atom. The number of hydrogen-bond acceptors (Lipinski definition) is 4. The summed E-state index contributed by atoms with van der Waals surface area (Å²) < 4.78 is 43.1. The van der Waals surface area contributed by atoms with Gasteiger partial charge in [-0.15, -0.1) is 0 Å². The van der Waals surface area contributed by atoms with Crippen LogP contribution in [0.5, 0.6) is 5.75 Å². The van der Waals surface area contributed by atoms with Crippen molar-refractivity contribution in [2.24, 2.45) is 0 Å². The normalized spacial score (nSPS) is 11.4. The smallest absolute Gasteiger partial charge is 0.451 e. The molecule has 20 heavy (non-hydrogen) atoms. The fourth-order valence-electron chi connectivity index (χ4n) is 1.61. The molecule has 0 amide bonds. The molecule has 0 bridgehead atoms. The lowest BCUT2D eigenvalue weighted by Crippen LogP contribution is -2.13. The van der Waals surface area contributed by atoms with Crippen molar-refractivity contribution in [1.82, 2.24) is 9.97 Å². The number of aromatic nitrogens is 2. The Morgan fingerprint density at radius 2 is 1.90 bits per heavy atom. The average Bonchev–Trinajstić information content (AvgIpc) is 2.37. The lowest BCUT2D eigenvalue weighted by atomic mass is 10.1. The maximum atomic E-state index is 12.7. The molecule has 4 nitrogen and oxygen atoms in total. The number of alkyl halides is 3. The molecule has 0 aliphatic carbocycles. The van der Waals surface area contributed by atoms with E-state index in [4.69, 9.17) is 22.1 Å². The second-order valence-corrected chi connectivity index (χ2v) is 4.28. The van der Waals surface area contributed by atoms with Crippen molar-refractivity contribution in [2.45, 2.75) is 6.18 Å². The molecule has 0 atom stereocenters. The number of nitrogens with zero attached hydrogens (tertiary/aromatic N) is 2. The highest BCUT2D eigenvalue weighted by Gasteiger charge is 2.35. The van der Waals surface area contributed by atoms with E-state index in [1.807, 2.05) is 0 Å². The van der Waals surface area contributed by atoms with Crippen molar-refractivity contribution in [3.8, 4) is 17.0 Å². The Morgan fingerprint density at radius 3 is 2.50 bits per heavy atom. The summed E-state index contributed by atoms with van der Waals surface area (Å²) in [7, 11) is 1.39. The van der Waals surface area contributed by atoms with Crippen LogP contribution in [0.4, 0.5) is 19.0 Å². The van der Waals surface area contributed by atoms with Gasteiger partial charge in [-0.05, 0) is 18.2 Å². The van der Waals surface area contributed by atoms with E-state index in [0.29, 0.717) is 16.3 Å². The zero-order chi connectivity index (χ0) is 14.9. The van der Waals surface area contributed by atoms with Crippen LogP contribution in [0.1, 0.15) is 5.82 Å². The zero-order valence-electron chi connectivity index (χ0n) is 10.2. The summed E-state index contributed by atoms with van der Waals surface area (Å²) in [5, 5.41) is 0.339. The molecule has 0 unspecified atom stereocenters. The van der Waals surface area contributed by atoms with E-state index in [2.05, 4.69) is 9.97 Å². The van der Waals surface area contributed by atoms with E-state index in [1.165, 1.54) is 25.3 Å². The molecular formula is C12H9ClF3N3O. The number of ether oxygens (including phenoxy) is 1. The first kappa shape index (κ1) is 14.4. The van der Waals surface area contributed by atoms with Crippen LogP contribution in [-0.4, -0.2) is 17.1 Å². The lowest BCUT2D eigenvalue weighted by Gasteiger charge is -2.11. The summed E-state index contributed by atoms with van der Waals surface area (Å²) in [6.45, 7) is 0. The third-order valence-corrected chi connectivity index (χ3v) is 2.67. The van der Waals surface area contributed by atoms with Gasteiger partial charge in [0.05, 0.1) is 12.8 Å². The van der Waals surface area contributed by atoms with Crippen LogP contribution in [0.15, 0.2) is 24.3 Å². The summed E-state index contributed by atoms with van der Waals surface area (Å²) >= 11 is 5.84. The van der Waals surface area contributed by atoms with E-state index >= 15 is 0 Å². The van der Waals surface area contributed by atoms with Crippen LogP contribution in [0, 0.1) is 0 Å². The van der Waals surface area contributed by atoms with Crippen LogP contribution < -0.4 is 10.5 Å². The van der Waals surface area contributed by atoms with Gasteiger partial charge in [0.2, 0.25) is 5.82 Å². The Hall–Kier alpha value is -2.02. The van der Waals surface area contributed by atoms with E-state index in [9.17, 15) is 13.2 Å². The van der Waals surface area contributed by atoms with Gasteiger partial charge in [-0.2, -0.15) is 13.2 Å². The number of halogens is 4. The van der Waals surface area contributed by atoms with Gasteiger partial charge in [-0.1, -0.05) is 11.6 Å². The summed E-state index contributed by atoms with van der Waals surface area (Å²) in [4.78, 5) is 6.65. The number of nitrogens with two attached hydrogens (primary N) is 1. The molecule has 8 heteroatoms. The molecule has 0 fully saturated rings. The number of hydrogen-bond donors (Lipinski definition) is 1. The second kappa shape index (κ2) is 5.16. The minimum absolute atomic E-state index is 0.0100. The minimum atomic E-state index is -4.68. The summed E-state index contributed by atoms with van der Waals surface area (Å²) in [5.41, 5.74) is 5.69. The van der Waals surface area contributed by atoms with E-state index in [-0.39, 0.29) is 11.5 Å². The van der Waals surface area contributed by atoms with Crippen LogP contribution in [-0.2, 0) is 6.18 Å². The third kappa shape index (κ3) is 2.93. The number of methoxy groups -OCH3 is 1. The van der Waals surface area contributed by atoms with Gasteiger partial charge in [0.1, 0.15) is 11.6 Å². The summed E-state index contributed by atoms with van der Waals surface area (Å²) in [6.07, 6.45) is -4.68. The SMILES string of the molecule is COc1ccc(Cl)cc1-c1cc(N)nc(C(F)(F)F)n1. The number of benzene rings is 1. The predicted molar refractivity (Wildman–Crippen MR) is 68.4 cm³/mol. The predicted octanol–water partition coefficient (Wildman–Crippen LogP) is 3.41. The van der Waals surface area contributed by atoms with Crippen LogP contribution in [0.25, 0.3) is 11.3 Å². The Bertz CT molecular complexity index is 646. The van der Waals surface area contributed by atoms with Gasteiger partial charge in [0.25, 0.3) is 0 Å². The van der Waals surface area contributed by atoms with E-state index in [1.54, 1.807) is 6.07 Å². The molecule has 0 saturated heterocycles. The van der Waals surface area contributed by atoms with Crippen molar-refractivity contribution in [2.75, 3.05) is 12.8 Å². The van der Waals surface area contributed by atoms with Gasteiger partial charge in [0, 0.05) is 16.7 Å². The van der Waals surface area contributed by atoms with E-state index < -0.39 is 12.0 Å². The molecule has 2 rings (SSSR count). The standard InChI is InChI=1S/C12H9ClF3N3O/c1-20-9-3-2-6(13)4-7(9)8-5-10(17)19-11(18-8)12(14,15)16/h2-5H,1H3,(H2,17,18,19). The molecule has 0 aliphatic heterocycles. The zero-order valence-corrected chi connectivity index (χ0v) is 11.0. The lowest BCUT2D eigenvalue weighted by molar-refractivity contribution is -0.144. The maximum absolute atomic E-state index is 12.7. The molecule has 0 saturated carbocycles. The fourth-order valence-corrected chi connectivity index (χ4v) is 1.78. The van der Waals surface area contributed by atoms with Crippen molar-refractivity contribution in [1.29, 1.82) is 0 Å². The first-order chi connectivity index (χ1) is 9.31. The largest absolute Gasteiger partial charge is 0.496 e. The van der Waals surface area contributed by atoms with Crippen molar-refractivity contribution in [3.05, 3.63) is 35.1 Å². The van der Waals surface area contributed by atoms with Gasteiger partial charge in [-0.25, -0.2) is 9.97 Å². The molecule has 1 heterocycles. The minimum Gasteiger partial charge on any atom is -0.496 e. The molecule has 0 radical (unpaired) electrons. The molecule has 1 aromatic carbocycles. The van der Waals surface area contributed by atoms with E-state index in [0.717, 1.165) is 0 Å². The molecule has 0 spiro atoms. The van der Waals surface area contributed by atoms with Gasteiger partial charge >= 0.3 is 6.18 Å². The Kier molecular flexibility index (Phi) is 3.71. The Labute approximate surface area is 117 Å². The van der Waals surface area contributed by atoms with Crippen LogP contribution in [0.2, 0.25) is 5.02 Å². The van der Waals surface area contributed by atoms with Crippen molar-refractivity contribution >= 4 is 17.4 Å². The van der Waals surface area contributed by atoms with Gasteiger partial charge in [-0.3, -0.25) is 0 Å². The number of anilines is 1. The maximum Gasteiger partial charge on any atom is 0.451 e. The van der Waals surface area contributed by atoms with Gasteiger partial charge in [0.15, 0.2) is 0 Å². The molecule has 1 aromatic heterocycles. The number of rotatable bonds is 2. The highest BCUT2D eigenvalue weighted by atomic mass is 35.5. The summed E-state index contributed by atoms with van der Waals surface area (Å²) in [6, 6.07) is 5.76. The van der Waals surface area contributed by atoms with Crippen LogP contribution >= 0.6 is 11.6 Å². The number of nitrogen functional groups attached to an aromatic ring is 1. The molecular weight excluding hydrogens is 295 g/mol. The monoisotopic (exact) mass is 303 g/mol. The second-order valence-electron chi connectivity index (χ2n) is 3.84. The summed E-state index contributed by atoms with van der Waals surface area (Å²) in [5.74, 6) is -1.26. The topological polar surface area (TPSA) is 61.0 Å². The molecule has 106 valence electrons. The van der Waals surface area contributed by atoms with Crippen molar-refractivity contribution < 1.29 is 17.9 Å². The molecule has 2 aromatic rings. The Balaban J connectivity index is 2.64. The third-order valence-electron chi connectivity index (χ3n) is 2.44. The average molecular weight is 304 g/mol. The fraction of sp³-hybridized carbons (Fsp3) is 0.167. The van der Waals surface area contributed by atoms with Crippen LogP contribution in [0.3, 0.4) is 0 Å². The van der Waals surface area contributed by atoms with Crippen molar-refractivity contribution in [3.63, 3.8) is 0 Å². The molecule has 2 N–H and O–H groups in total. The van der Waals surface area contributed by atoms with Gasteiger partial charge < -0.3 is 10.5 Å².